The van der Waals surface area contributed by atoms with E-state index in [2.05, 4.69) is 0 Å². The average Bonchev–Trinajstić information content (AvgIpc) is 2.46. The molecule has 0 aliphatic heterocycles. The first-order valence-electron chi connectivity index (χ1n) is 6.07. The lowest BCUT2D eigenvalue weighted by Gasteiger charge is -2.03. The SMILES string of the molecule is C.O=C(O)CCC(=O)c1ccc(-c2ccccc2)cc1. The maximum atomic E-state index is 11.7. The van der Waals surface area contributed by atoms with E-state index < -0.39 is 5.97 Å². The third-order valence-electron chi connectivity index (χ3n) is 2.88. The fourth-order valence-electron chi connectivity index (χ4n) is 1.84. The predicted molar refractivity (Wildman–Crippen MR) is 79.8 cm³/mol. The Bertz CT molecular complexity index is 571. The normalized spacial score (nSPS) is 9.60. The Morgan fingerprint density at radius 2 is 1.35 bits per heavy atom. The van der Waals surface area contributed by atoms with Gasteiger partial charge < -0.3 is 5.11 Å². The van der Waals surface area contributed by atoms with Crippen molar-refractivity contribution < 1.29 is 14.7 Å². The number of Topliss-reactive ketones (excluding diaryl/α,β-unsaturated/α-hetero) is 1. The highest BCUT2D eigenvalue weighted by Gasteiger charge is 2.08. The van der Waals surface area contributed by atoms with E-state index in [1.165, 1.54) is 0 Å². The molecule has 0 aromatic heterocycles. The van der Waals surface area contributed by atoms with Crippen LogP contribution >= 0.6 is 0 Å². The zero-order valence-corrected chi connectivity index (χ0v) is 10.4. The van der Waals surface area contributed by atoms with Gasteiger partial charge in [-0.2, -0.15) is 0 Å². The van der Waals surface area contributed by atoms with Crippen LogP contribution in [-0.2, 0) is 4.79 Å². The van der Waals surface area contributed by atoms with Crippen molar-refractivity contribution in [3.63, 3.8) is 0 Å². The summed E-state index contributed by atoms with van der Waals surface area (Å²) in [7, 11) is 0. The van der Waals surface area contributed by atoms with Gasteiger partial charge >= 0.3 is 5.97 Å². The van der Waals surface area contributed by atoms with Gasteiger partial charge in [0.25, 0.3) is 0 Å². The van der Waals surface area contributed by atoms with E-state index in [0.717, 1.165) is 11.1 Å². The van der Waals surface area contributed by atoms with Crippen LogP contribution in [0.1, 0.15) is 30.6 Å². The Morgan fingerprint density at radius 3 is 1.90 bits per heavy atom. The quantitative estimate of drug-likeness (QED) is 0.834. The monoisotopic (exact) mass is 270 g/mol. The molecule has 0 amide bonds. The Balaban J connectivity index is 0.00000200. The van der Waals surface area contributed by atoms with E-state index in [4.69, 9.17) is 5.11 Å². The number of ketones is 1. The van der Waals surface area contributed by atoms with Crippen LogP contribution in [0.25, 0.3) is 11.1 Å². The number of benzene rings is 2. The largest absolute Gasteiger partial charge is 0.481 e. The molecule has 0 saturated heterocycles. The summed E-state index contributed by atoms with van der Waals surface area (Å²) >= 11 is 0. The Labute approximate surface area is 118 Å². The second-order valence-electron chi connectivity index (χ2n) is 4.26. The zero-order valence-electron chi connectivity index (χ0n) is 10.4. The summed E-state index contributed by atoms with van der Waals surface area (Å²) < 4.78 is 0. The summed E-state index contributed by atoms with van der Waals surface area (Å²) in [5.41, 5.74) is 2.68. The number of rotatable bonds is 5. The van der Waals surface area contributed by atoms with Crippen molar-refractivity contribution in [1.82, 2.24) is 0 Å². The standard InChI is InChI=1S/C16H14O3.CH4/c17-15(10-11-16(18)19)14-8-6-13(7-9-14)12-4-2-1-3-5-12;/h1-9H,10-11H2,(H,18,19);1H4. The van der Waals surface area contributed by atoms with Crippen molar-refractivity contribution >= 4 is 11.8 Å². The number of hydrogen-bond acceptors (Lipinski definition) is 2. The molecule has 3 heteroatoms. The molecule has 2 aromatic rings. The molecule has 0 aliphatic rings. The van der Waals surface area contributed by atoms with Crippen molar-refractivity contribution in [2.24, 2.45) is 0 Å². The van der Waals surface area contributed by atoms with Gasteiger partial charge in [0.2, 0.25) is 0 Å². The molecule has 2 aromatic carbocycles. The van der Waals surface area contributed by atoms with Gasteiger partial charge in [0, 0.05) is 12.0 Å². The first-order valence-corrected chi connectivity index (χ1v) is 6.07. The highest BCUT2D eigenvalue weighted by molar-refractivity contribution is 5.97. The molecule has 0 atom stereocenters. The summed E-state index contributed by atoms with van der Waals surface area (Å²) in [5.74, 6) is -1.09. The van der Waals surface area contributed by atoms with E-state index in [1.807, 2.05) is 42.5 Å². The summed E-state index contributed by atoms with van der Waals surface area (Å²) in [6.45, 7) is 0. The lowest BCUT2D eigenvalue weighted by atomic mass is 10.0. The molecule has 20 heavy (non-hydrogen) atoms. The Kier molecular flexibility index (Phi) is 5.66. The highest BCUT2D eigenvalue weighted by Crippen LogP contribution is 2.19. The zero-order chi connectivity index (χ0) is 13.7. The van der Waals surface area contributed by atoms with Crippen LogP contribution in [-0.4, -0.2) is 16.9 Å². The highest BCUT2D eigenvalue weighted by atomic mass is 16.4. The Hall–Kier alpha value is -2.42. The molecule has 0 heterocycles. The summed E-state index contributed by atoms with van der Waals surface area (Å²) in [4.78, 5) is 22.2. The van der Waals surface area contributed by atoms with Crippen LogP contribution in [0, 0.1) is 0 Å². The molecule has 0 bridgehead atoms. The van der Waals surface area contributed by atoms with Gasteiger partial charge in [0.05, 0.1) is 6.42 Å². The second kappa shape index (κ2) is 7.24. The summed E-state index contributed by atoms with van der Waals surface area (Å²) in [5, 5.41) is 8.55. The van der Waals surface area contributed by atoms with Crippen molar-refractivity contribution in [2.45, 2.75) is 20.3 Å². The second-order valence-corrected chi connectivity index (χ2v) is 4.26. The number of carboxylic acids is 1. The van der Waals surface area contributed by atoms with Gasteiger partial charge in [-0.05, 0) is 11.1 Å². The number of hydrogen-bond donors (Lipinski definition) is 1. The molecular formula is C17H18O3. The predicted octanol–water partition coefficient (Wildman–Crippen LogP) is 4.04. The van der Waals surface area contributed by atoms with Gasteiger partial charge in [-0.1, -0.05) is 62.0 Å². The molecule has 104 valence electrons. The summed E-state index contributed by atoms with van der Waals surface area (Å²) in [6, 6.07) is 17.1. The molecule has 0 fully saturated rings. The van der Waals surface area contributed by atoms with E-state index in [0.29, 0.717) is 5.56 Å². The average molecular weight is 270 g/mol. The molecule has 2 rings (SSSR count). The topological polar surface area (TPSA) is 54.4 Å². The molecular weight excluding hydrogens is 252 g/mol. The van der Waals surface area contributed by atoms with Gasteiger partial charge in [-0.15, -0.1) is 0 Å². The van der Waals surface area contributed by atoms with Crippen molar-refractivity contribution in [1.29, 1.82) is 0 Å². The van der Waals surface area contributed by atoms with Crippen molar-refractivity contribution in [3.8, 4) is 11.1 Å². The van der Waals surface area contributed by atoms with Crippen molar-refractivity contribution in [2.75, 3.05) is 0 Å². The van der Waals surface area contributed by atoms with E-state index >= 15 is 0 Å². The molecule has 0 unspecified atom stereocenters. The Morgan fingerprint density at radius 1 is 0.800 bits per heavy atom. The molecule has 0 radical (unpaired) electrons. The number of carboxylic acid groups (broad SMARTS) is 1. The van der Waals surface area contributed by atoms with Gasteiger partial charge in [0.1, 0.15) is 0 Å². The maximum Gasteiger partial charge on any atom is 0.303 e. The minimum atomic E-state index is -0.950. The molecule has 3 nitrogen and oxygen atoms in total. The van der Waals surface area contributed by atoms with E-state index in [9.17, 15) is 9.59 Å². The fourth-order valence-corrected chi connectivity index (χ4v) is 1.84. The number of aliphatic carboxylic acids is 1. The smallest absolute Gasteiger partial charge is 0.303 e. The van der Waals surface area contributed by atoms with Crippen LogP contribution in [0.5, 0.6) is 0 Å². The number of carbonyl (C=O) groups is 2. The molecule has 1 N–H and O–H groups in total. The summed E-state index contributed by atoms with van der Waals surface area (Å²) in [6.07, 6.45) is -0.0840. The third kappa shape index (κ3) is 4.05. The lowest BCUT2D eigenvalue weighted by Crippen LogP contribution is -2.03. The third-order valence-corrected chi connectivity index (χ3v) is 2.88. The van der Waals surface area contributed by atoms with Gasteiger partial charge in [-0.3, -0.25) is 9.59 Å². The minimum Gasteiger partial charge on any atom is -0.481 e. The van der Waals surface area contributed by atoms with Crippen LogP contribution in [0.4, 0.5) is 0 Å². The fraction of sp³-hybridized carbons (Fsp3) is 0.176. The lowest BCUT2D eigenvalue weighted by molar-refractivity contribution is -0.136. The molecule has 0 spiro atoms. The van der Waals surface area contributed by atoms with Crippen LogP contribution in [0.3, 0.4) is 0 Å². The van der Waals surface area contributed by atoms with Crippen molar-refractivity contribution in [3.05, 3.63) is 60.2 Å². The van der Waals surface area contributed by atoms with E-state index in [1.54, 1.807) is 12.1 Å². The van der Waals surface area contributed by atoms with Crippen LogP contribution in [0.2, 0.25) is 0 Å². The first kappa shape index (κ1) is 15.6. The first-order chi connectivity index (χ1) is 9.16. The van der Waals surface area contributed by atoms with Crippen LogP contribution < -0.4 is 0 Å². The van der Waals surface area contributed by atoms with Gasteiger partial charge in [0.15, 0.2) is 5.78 Å². The molecule has 0 aliphatic carbocycles. The number of carbonyl (C=O) groups excluding carboxylic acids is 1. The maximum absolute atomic E-state index is 11.7. The van der Waals surface area contributed by atoms with Crippen LogP contribution in [0.15, 0.2) is 54.6 Å². The minimum absolute atomic E-state index is 0. The van der Waals surface area contributed by atoms with Gasteiger partial charge in [-0.25, -0.2) is 0 Å². The van der Waals surface area contributed by atoms with E-state index in [-0.39, 0.29) is 26.1 Å². The molecule has 0 saturated carbocycles.